The van der Waals surface area contributed by atoms with Crippen LogP contribution in [0.2, 0.25) is 5.02 Å². The molecule has 94 heavy (non-hydrogen) atoms. The molecule has 0 radical (unpaired) electrons. The SMILES string of the molecule is CCCC[C@@H]1NC(=O)[C@H](Cc2ccc(F)cc2)NC(=O)CN(C)C(=O)[C@H](Cc2ccc(Cl)cc2)N(C)C(=O)CN(C)C(=O)CN(C)C(=O)[C@H]([C@@H](C)CC)NC(=O)[C@H](CC(C)C)N(C)C(=O)CC(C(=O)N2CCCCC2)N(C)C(=O)[C@H](CC(C)C)NC(=O)C(C)(C)N(C)C1=O. The van der Waals surface area contributed by atoms with Gasteiger partial charge in [-0.2, -0.15) is 0 Å². The van der Waals surface area contributed by atoms with Gasteiger partial charge in [0, 0.05) is 80.3 Å². The lowest BCUT2D eigenvalue weighted by Crippen LogP contribution is -2.63. The minimum absolute atomic E-state index is 0.0644. The number of nitrogens with zero attached hydrogens (tertiary/aromatic N) is 8. The Balaban J connectivity index is 1.88. The summed E-state index contributed by atoms with van der Waals surface area (Å²) in [6.07, 6.45) is 3.07. The largest absolute Gasteiger partial charge is 0.343 e. The van der Waals surface area contributed by atoms with Gasteiger partial charge in [-0.15, -0.1) is 0 Å². The van der Waals surface area contributed by atoms with Crippen LogP contribution in [-0.4, -0.2) is 240 Å². The molecule has 26 heteroatoms. The van der Waals surface area contributed by atoms with E-state index >= 15 is 4.79 Å². The number of carbonyl (C=O) groups is 12. The average Bonchev–Trinajstić information content (AvgIpc) is 0.818. The van der Waals surface area contributed by atoms with Crippen molar-refractivity contribution in [2.75, 3.05) is 82.1 Å². The highest BCUT2D eigenvalue weighted by molar-refractivity contribution is 6.30. The monoisotopic (exact) mass is 1330 g/mol. The standard InChI is InChI=1S/C68H104ClFN12O12/c1-17-19-23-49-63(90)81(16)68(8,9)67(94)73-51(34-42(3)4)62(89)80(15)54(65(92)82-32-21-20-22-33-82)38-56(84)78(13)52(35-43(5)6)61(88)74-59(44(7)18-2)66(93)77(12)40-57(85)75(10)41-58(86)79(14)53(37-46-24-28-47(69)29-25-46)64(91)76(11)39-55(83)71-50(60(87)72-49)36-45-26-30-48(70)31-27-45/h24-31,42-44,49-54,59H,17-23,32-41H2,1-16H3,(H,71,83)(H,72,87)(H,73,94)(H,74,88)/t44-,49-,50-,51-,52-,53-,54?,59-/m0/s1. The number of hydrogen-bond donors (Lipinski definition) is 4. The van der Waals surface area contributed by atoms with E-state index in [1.165, 1.54) is 92.3 Å². The Morgan fingerprint density at radius 1 is 0.574 bits per heavy atom. The Hall–Kier alpha value is -7.70. The third-order valence-electron chi connectivity index (χ3n) is 18.1. The molecule has 2 saturated heterocycles. The summed E-state index contributed by atoms with van der Waals surface area (Å²) in [4.78, 5) is 185. The topological polar surface area (TPSA) is 279 Å². The third kappa shape index (κ3) is 22.2. The number of piperidine rings is 1. The first kappa shape index (κ1) is 78.7. The van der Waals surface area contributed by atoms with Gasteiger partial charge in [0.25, 0.3) is 0 Å². The molecule has 522 valence electrons. The number of likely N-dealkylation sites (N-methyl/N-ethyl adjacent to an activating group) is 7. The first-order chi connectivity index (χ1) is 44.0. The Bertz CT molecular complexity index is 2980. The van der Waals surface area contributed by atoms with Crippen molar-refractivity contribution in [3.8, 4) is 0 Å². The highest BCUT2D eigenvalue weighted by Crippen LogP contribution is 2.24. The van der Waals surface area contributed by atoms with Crippen molar-refractivity contribution in [3.63, 3.8) is 0 Å². The van der Waals surface area contributed by atoms with E-state index in [9.17, 15) is 57.1 Å². The van der Waals surface area contributed by atoms with Gasteiger partial charge >= 0.3 is 0 Å². The van der Waals surface area contributed by atoms with Crippen LogP contribution in [0.5, 0.6) is 0 Å². The number of benzene rings is 2. The lowest BCUT2D eigenvalue weighted by molar-refractivity contribution is -0.152. The quantitative estimate of drug-likeness (QED) is 0.209. The van der Waals surface area contributed by atoms with Gasteiger partial charge in [0.05, 0.1) is 26.1 Å². The molecule has 1 unspecified atom stereocenters. The number of nitrogens with one attached hydrogen (secondary N) is 4. The molecule has 4 rings (SSSR count). The number of rotatable bonds is 14. The molecule has 0 bridgehead atoms. The summed E-state index contributed by atoms with van der Waals surface area (Å²) in [5, 5.41) is 11.6. The number of halogens is 2. The summed E-state index contributed by atoms with van der Waals surface area (Å²) in [6.45, 7) is 14.8. The molecule has 2 aliphatic rings. The fourth-order valence-corrected chi connectivity index (χ4v) is 11.5. The van der Waals surface area contributed by atoms with Crippen LogP contribution in [0.3, 0.4) is 0 Å². The molecular formula is C68H104ClFN12O12. The zero-order valence-corrected chi connectivity index (χ0v) is 58.9. The molecule has 0 saturated carbocycles. The number of amides is 12. The van der Waals surface area contributed by atoms with Crippen LogP contribution in [0.25, 0.3) is 0 Å². The second-order valence-electron chi connectivity index (χ2n) is 26.8. The molecule has 0 spiro atoms. The lowest BCUT2D eigenvalue weighted by Gasteiger charge is -2.39. The van der Waals surface area contributed by atoms with Crippen LogP contribution in [-0.2, 0) is 70.4 Å². The molecule has 12 amide bonds. The van der Waals surface area contributed by atoms with Gasteiger partial charge in [-0.1, -0.05) is 104 Å². The minimum Gasteiger partial charge on any atom is -0.343 e. The molecule has 2 aromatic rings. The summed E-state index contributed by atoms with van der Waals surface area (Å²) < 4.78 is 14.3. The predicted molar refractivity (Wildman–Crippen MR) is 355 cm³/mol. The molecule has 24 nitrogen and oxygen atoms in total. The van der Waals surface area contributed by atoms with E-state index in [0.717, 1.165) is 35.8 Å². The van der Waals surface area contributed by atoms with Crippen LogP contribution >= 0.6 is 11.6 Å². The van der Waals surface area contributed by atoms with Crippen molar-refractivity contribution in [3.05, 3.63) is 70.5 Å². The molecule has 0 aliphatic carbocycles. The Morgan fingerprint density at radius 3 is 1.70 bits per heavy atom. The van der Waals surface area contributed by atoms with Gasteiger partial charge in [0.2, 0.25) is 70.9 Å². The van der Waals surface area contributed by atoms with Crippen molar-refractivity contribution < 1.29 is 61.9 Å². The number of carbonyl (C=O) groups excluding carboxylic acids is 12. The summed E-state index contributed by atoms with van der Waals surface area (Å²) in [7, 11) is 9.62. The van der Waals surface area contributed by atoms with Crippen molar-refractivity contribution in [2.45, 2.75) is 187 Å². The van der Waals surface area contributed by atoms with Gasteiger partial charge < -0.3 is 60.5 Å². The van der Waals surface area contributed by atoms with Crippen LogP contribution < -0.4 is 21.3 Å². The molecule has 4 N–H and O–H groups in total. The summed E-state index contributed by atoms with van der Waals surface area (Å²) in [5.41, 5.74) is -0.719. The van der Waals surface area contributed by atoms with E-state index in [1.54, 1.807) is 36.1 Å². The first-order valence-electron chi connectivity index (χ1n) is 32.8. The van der Waals surface area contributed by atoms with E-state index < -0.39 is 157 Å². The maximum atomic E-state index is 15.1. The van der Waals surface area contributed by atoms with Crippen molar-refractivity contribution >= 4 is 82.5 Å². The molecule has 2 fully saturated rings. The molecular weight excluding hydrogens is 1230 g/mol. The highest BCUT2D eigenvalue weighted by Gasteiger charge is 2.44. The van der Waals surface area contributed by atoms with Gasteiger partial charge in [-0.25, -0.2) is 4.39 Å². The van der Waals surface area contributed by atoms with E-state index in [4.69, 9.17) is 11.6 Å². The average molecular weight is 1340 g/mol. The van der Waals surface area contributed by atoms with Crippen molar-refractivity contribution in [2.24, 2.45) is 17.8 Å². The minimum atomic E-state index is -1.73. The highest BCUT2D eigenvalue weighted by atomic mass is 35.5. The summed E-state index contributed by atoms with van der Waals surface area (Å²) in [6, 6.07) is 2.65. The molecule has 0 aromatic heterocycles. The second kappa shape index (κ2) is 36.3. The normalized spacial score (nSPS) is 24.0. The zero-order chi connectivity index (χ0) is 70.6. The van der Waals surface area contributed by atoms with E-state index in [1.807, 2.05) is 41.5 Å². The van der Waals surface area contributed by atoms with Gasteiger partial charge in [-0.05, 0) is 106 Å². The van der Waals surface area contributed by atoms with E-state index in [2.05, 4.69) is 21.3 Å². The van der Waals surface area contributed by atoms with Crippen LogP contribution in [0.1, 0.15) is 138 Å². The number of hydrogen-bond acceptors (Lipinski definition) is 12. The van der Waals surface area contributed by atoms with Crippen LogP contribution in [0.4, 0.5) is 4.39 Å². The van der Waals surface area contributed by atoms with E-state index in [0.29, 0.717) is 61.3 Å². The molecule has 2 aromatic carbocycles. The van der Waals surface area contributed by atoms with Crippen LogP contribution in [0.15, 0.2) is 48.5 Å². The second-order valence-corrected chi connectivity index (χ2v) is 27.3. The fraction of sp³-hybridized carbons (Fsp3) is 0.647. The Morgan fingerprint density at radius 2 is 1.13 bits per heavy atom. The fourth-order valence-electron chi connectivity index (χ4n) is 11.3. The van der Waals surface area contributed by atoms with Gasteiger partial charge in [0.1, 0.15) is 53.6 Å². The third-order valence-corrected chi connectivity index (χ3v) is 18.3. The van der Waals surface area contributed by atoms with Crippen molar-refractivity contribution in [1.29, 1.82) is 0 Å². The lowest BCUT2D eigenvalue weighted by atomic mass is 9.95. The maximum Gasteiger partial charge on any atom is 0.246 e. The molecule has 2 aliphatic heterocycles. The van der Waals surface area contributed by atoms with Gasteiger partial charge in [-0.3, -0.25) is 57.5 Å². The Kier molecular flexibility index (Phi) is 30.4. The molecule has 8 atom stereocenters. The number of unbranched alkanes of at least 4 members (excludes halogenated alkanes) is 1. The summed E-state index contributed by atoms with van der Waals surface area (Å²) >= 11 is 6.22. The predicted octanol–water partition coefficient (Wildman–Crippen LogP) is 4.04. The first-order valence-corrected chi connectivity index (χ1v) is 33.2. The zero-order valence-electron chi connectivity index (χ0n) is 58.1. The van der Waals surface area contributed by atoms with Crippen molar-refractivity contribution in [1.82, 2.24) is 60.5 Å². The van der Waals surface area contributed by atoms with Crippen LogP contribution in [0, 0.1) is 23.6 Å². The summed E-state index contributed by atoms with van der Waals surface area (Å²) in [5.74, 6) is -9.85. The van der Waals surface area contributed by atoms with Gasteiger partial charge in [0.15, 0.2) is 0 Å². The maximum absolute atomic E-state index is 15.1. The van der Waals surface area contributed by atoms with E-state index in [-0.39, 0.29) is 43.9 Å². The Labute approximate surface area is 560 Å². The molecule has 2 heterocycles. The smallest absolute Gasteiger partial charge is 0.246 e. The number of likely N-dealkylation sites (tertiary alicyclic amines) is 1.